The second-order valence-corrected chi connectivity index (χ2v) is 6.31. The maximum Gasteiger partial charge on any atom is 0.167 e. The van der Waals surface area contributed by atoms with E-state index >= 15 is 0 Å². The number of nitrogens with zero attached hydrogens (tertiary/aromatic N) is 2. The molecule has 0 N–H and O–H groups in total. The van der Waals surface area contributed by atoms with Gasteiger partial charge in [-0.2, -0.15) is 0 Å². The van der Waals surface area contributed by atoms with E-state index in [1.54, 1.807) is 12.3 Å². The minimum absolute atomic E-state index is 0.0218. The van der Waals surface area contributed by atoms with Gasteiger partial charge in [0.05, 0.1) is 14.0 Å². The number of thiophene rings is 1. The summed E-state index contributed by atoms with van der Waals surface area (Å²) in [4.78, 5) is 14.5. The van der Waals surface area contributed by atoms with E-state index in [1.807, 2.05) is 6.07 Å². The molecule has 0 spiro atoms. The largest absolute Gasteiger partial charge is 0.453 e. The summed E-state index contributed by atoms with van der Waals surface area (Å²) in [5, 5.41) is 2.67. The van der Waals surface area contributed by atoms with Gasteiger partial charge in [-0.3, -0.25) is 4.98 Å². The highest BCUT2D eigenvalue weighted by molar-refractivity contribution is 9.11. The van der Waals surface area contributed by atoms with Crippen molar-refractivity contribution in [2.45, 2.75) is 0 Å². The van der Waals surface area contributed by atoms with Crippen LogP contribution >= 0.6 is 27.3 Å². The molecule has 0 aliphatic heterocycles. The molecule has 0 unspecified atom stereocenters. The molecular weight excluding hydrogens is 347 g/mol. The molecule has 4 nitrogen and oxygen atoms in total. The Morgan fingerprint density at radius 2 is 2.10 bits per heavy atom. The third-order valence-corrected chi connectivity index (χ3v) is 4.23. The van der Waals surface area contributed by atoms with E-state index in [2.05, 4.69) is 26.1 Å². The topological polar surface area (TPSA) is 51.5 Å². The van der Waals surface area contributed by atoms with Crippen molar-refractivity contribution < 1.29 is 9.13 Å². The van der Waals surface area contributed by atoms with Crippen LogP contribution in [0.3, 0.4) is 0 Å². The van der Waals surface area contributed by atoms with Gasteiger partial charge < -0.3 is 4.74 Å². The predicted octanol–water partition coefficient (Wildman–Crippen LogP) is 5.39. The first-order chi connectivity index (χ1) is 9.67. The summed E-state index contributed by atoms with van der Waals surface area (Å²) in [6.45, 7) is 0. The number of fused-ring (bicyclic) bond motifs is 1. The van der Waals surface area contributed by atoms with Crippen molar-refractivity contribution in [3.05, 3.63) is 51.0 Å². The smallest absolute Gasteiger partial charge is 0.167 e. The SMILES string of the molecule is O=Nc1ccc(Oc2ccnc3cc(Br)sc23)c(F)c1. The maximum atomic E-state index is 13.8. The average Bonchev–Trinajstić information content (AvgIpc) is 2.82. The zero-order chi connectivity index (χ0) is 14.1. The van der Waals surface area contributed by atoms with Crippen molar-refractivity contribution in [1.29, 1.82) is 0 Å². The van der Waals surface area contributed by atoms with Crippen molar-refractivity contribution in [3.63, 3.8) is 0 Å². The van der Waals surface area contributed by atoms with Crippen molar-refractivity contribution in [1.82, 2.24) is 4.98 Å². The van der Waals surface area contributed by atoms with E-state index in [0.29, 0.717) is 5.75 Å². The van der Waals surface area contributed by atoms with Crippen LogP contribution < -0.4 is 4.74 Å². The van der Waals surface area contributed by atoms with Gasteiger partial charge >= 0.3 is 0 Å². The van der Waals surface area contributed by atoms with E-state index in [4.69, 9.17) is 4.74 Å². The number of pyridine rings is 1. The molecule has 0 fully saturated rings. The molecule has 100 valence electrons. The van der Waals surface area contributed by atoms with Gasteiger partial charge in [0, 0.05) is 18.3 Å². The van der Waals surface area contributed by atoms with Crippen LogP contribution in [0.15, 0.2) is 45.5 Å². The number of hydrogen-bond acceptors (Lipinski definition) is 5. The molecule has 0 bridgehead atoms. The van der Waals surface area contributed by atoms with Gasteiger partial charge in [0.1, 0.15) is 11.4 Å². The van der Waals surface area contributed by atoms with Gasteiger partial charge in [0.25, 0.3) is 0 Å². The molecule has 0 saturated heterocycles. The molecule has 0 saturated carbocycles. The van der Waals surface area contributed by atoms with E-state index in [9.17, 15) is 9.30 Å². The van der Waals surface area contributed by atoms with Gasteiger partial charge in [-0.05, 0) is 39.3 Å². The molecule has 7 heteroatoms. The first-order valence-corrected chi connectivity index (χ1v) is 7.13. The van der Waals surface area contributed by atoms with Crippen molar-refractivity contribution >= 4 is 43.2 Å². The molecule has 0 amide bonds. The second-order valence-electron chi connectivity index (χ2n) is 3.88. The van der Waals surface area contributed by atoms with Gasteiger partial charge in [-0.25, -0.2) is 4.39 Å². The minimum atomic E-state index is -0.636. The minimum Gasteiger partial charge on any atom is -0.453 e. The zero-order valence-electron chi connectivity index (χ0n) is 9.84. The zero-order valence-corrected chi connectivity index (χ0v) is 12.2. The van der Waals surface area contributed by atoms with Crippen LogP contribution in [0.5, 0.6) is 11.5 Å². The lowest BCUT2D eigenvalue weighted by Gasteiger charge is -2.07. The fourth-order valence-electron chi connectivity index (χ4n) is 1.71. The fraction of sp³-hybridized carbons (Fsp3) is 0. The summed E-state index contributed by atoms with van der Waals surface area (Å²) in [7, 11) is 0. The number of ether oxygens (including phenoxy) is 1. The van der Waals surface area contributed by atoms with Gasteiger partial charge in [-0.15, -0.1) is 16.2 Å². The fourth-order valence-corrected chi connectivity index (χ4v) is 3.21. The van der Waals surface area contributed by atoms with Crippen LogP contribution in [0.4, 0.5) is 10.1 Å². The summed E-state index contributed by atoms with van der Waals surface area (Å²) in [6, 6.07) is 7.33. The van der Waals surface area contributed by atoms with E-state index < -0.39 is 5.82 Å². The van der Waals surface area contributed by atoms with Crippen LogP contribution in [0.1, 0.15) is 0 Å². The van der Waals surface area contributed by atoms with Crippen LogP contribution in [-0.4, -0.2) is 4.98 Å². The van der Waals surface area contributed by atoms with Crippen LogP contribution in [-0.2, 0) is 0 Å². The standard InChI is InChI=1S/C13H6BrFN2O2S/c14-12-6-9-13(20-12)11(3-4-16-9)19-10-2-1-7(17-18)5-8(10)15/h1-6H. The molecule has 0 atom stereocenters. The van der Waals surface area contributed by atoms with Crippen LogP contribution in [0, 0.1) is 10.7 Å². The summed E-state index contributed by atoms with van der Waals surface area (Å²) in [5.41, 5.74) is 0.791. The third-order valence-electron chi connectivity index (χ3n) is 2.59. The van der Waals surface area contributed by atoms with Crippen molar-refractivity contribution in [2.75, 3.05) is 0 Å². The summed E-state index contributed by atoms with van der Waals surface area (Å²) >= 11 is 4.83. The Labute approximate surface area is 125 Å². The summed E-state index contributed by atoms with van der Waals surface area (Å²) < 4.78 is 21.1. The quantitative estimate of drug-likeness (QED) is 0.594. The van der Waals surface area contributed by atoms with E-state index in [1.165, 1.54) is 23.5 Å². The highest BCUT2D eigenvalue weighted by atomic mass is 79.9. The molecule has 2 aromatic heterocycles. The number of halogens is 2. The van der Waals surface area contributed by atoms with Gasteiger partial charge in [0.2, 0.25) is 0 Å². The molecule has 0 radical (unpaired) electrons. The number of nitroso groups, excluding NO2 is 1. The normalized spacial score (nSPS) is 10.7. The lowest BCUT2D eigenvalue weighted by molar-refractivity contribution is 0.447. The highest BCUT2D eigenvalue weighted by Gasteiger charge is 2.11. The highest BCUT2D eigenvalue weighted by Crippen LogP contribution is 2.37. The van der Waals surface area contributed by atoms with E-state index in [0.717, 1.165) is 20.1 Å². The Morgan fingerprint density at radius 3 is 2.85 bits per heavy atom. The number of rotatable bonds is 3. The molecular formula is C13H6BrFN2O2S. The van der Waals surface area contributed by atoms with Gasteiger partial charge in [-0.1, -0.05) is 0 Å². The predicted molar refractivity (Wildman–Crippen MR) is 79.2 cm³/mol. The molecule has 3 aromatic rings. The molecule has 3 rings (SSSR count). The second kappa shape index (κ2) is 5.26. The van der Waals surface area contributed by atoms with Crippen LogP contribution in [0.2, 0.25) is 0 Å². The Morgan fingerprint density at radius 1 is 1.25 bits per heavy atom. The Balaban J connectivity index is 2.03. The van der Waals surface area contributed by atoms with Crippen molar-refractivity contribution in [3.8, 4) is 11.5 Å². The number of aromatic nitrogens is 1. The average molecular weight is 353 g/mol. The van der Waals surface area contributed by atoms with E-state index in [-0.39, 0.29) is 11.4 Å². The molecule has 0 aliphatic carbocycles. The maximum absolute atomic E-state index is 13.8. The Bertz CT molecular complexity index is 806. The lowest BCUT2D eigenvalue weighted by Crippen LogP contribution is -1.88. The summed E-state index contributed by atoms with van der Waals surface area (Å²) in [6.07, 6.45) is 1.59. The molecule has 1 aromatic carbocycles. The Kier molecular flexibility index (Phi) is 3.45. The molecule has 0 aliphatic rings. The van der Waals surface area contributed by atoms with Gasteiger partial charge in [0.15, 0.2) is 11.6 Å². The molecule has 20 heavy (non-hydrogen) atoms. The first kappa shape index (κ1) is 13.1. The summed E-state index contributed by atoms with van der Waals surface area (Å²) in [5.74, 6) is -0.0893. The number of hydrogen-bond donors (Lipinski definition) is 0. The number of benzene rings is 1. The third kappa shape index (κ3) is 2.41. The Hall–Kier alpha value is -1.86. The molecule has 2 heterocycles. The monoisotopic (exact) mass is 352 g/mol. The van der Waals surface area contributed by atoms with Crippen molar-refractivity contribution in [2.24, 2.45) is 5.18 Å². The lowest BCUT2D eigenvalue weighted by atomic mass is 10.3. The first-order valence-electron chi connectivity index (χ1n) is 5.52. The van der Waals surface area contributed by atoms with Crippen LogP contribution in [0.25, 0.3) is 10.2 Å².